The van der Waals surface area contributed by atoms with Crippen LogP contribution in [0.3, 0.4) is 0 Å². The lowest BCUT2D eigenvalue weighted by atomic mass is 10.1. The highest BCUT2D eigenvalue weighted by Gasteiger charge is 2.11. The minimum Gasteiger partial charge on any atom is -0.436 e. The van der Waals surface area contributed by atoms with Crippen LogP contribution in [0, 0.1) is 6.92 Å². The van der Waals surface area contributed by atoms with Gasteiger partial charge < -0.3 is 9.73 Å². The Hall–Kier alpha value is -2.82. The van der Waals surface area contributed by atoms with Gasteiger partial charge in [-0.25, -0.2) is 4.98 Å². The number of carbonyl (C=O) groups is 1. The number of rotatable bonds is 3. The lowest BCUT2D eigenvalue weighted by molar-refractivity contribution is 0.102. The number of hydrogen-bond acceptors (Lipinski definition) is 3. The fourth-order valence-corrected chi connectivity index (χ4v) is 2.97. The third-order valence-electron chi connectivity index (χ3n) is 4.17. The van der Waals surface area contributed by atoms with Gasteiger partial charge in [0.15, 0.2) is 5.58 Å². The number of nitrogens with zero attached hydrogens (tertiary/aromatic N) is 1. The van der Waals surface area contributed by atoms with E-state index in [0.29, 0.717) is 38.3 Å². The van der Waals surface area contributed by atoms with Crippen LogP contribution < -0.4 is 5.32 Å². The minimum atomic E-state index is -0.238. The Morgan fingerprint density at radius 2 is 1.78 bits per heavy atom. The molecule has 4 aromatic rings. The van der Waals surface area contributed by atoms with Crippen molar-refractivity contribution in [2.45, 2.75) is 6.92 Å². The van der Waals surface area contributed by atoms with Gasteiger partial charge in [-0.3, -0.25) is 4.79 Å². The van der Waals surface area contributed by atoms with Crippen molar-refractivity contribution in [2.75, 3.05) is 5.32 Å². The number of fused-ring (bicyclic) bond motifs is 1. The summed E-state index contributed by atoms with van der Waals surface area (Å²) in [4.78, 5) is 16.9. The molecule has 0 spiro atoms. The van der Waals surface area contributed by atoms with Gasteiger partial charge in [0, 0.05) is 26.9 Å². The highest BCUT2D eigenvalue weighted by atomic mass is 35.5. The quantitative estimate of drug-likeness (QED) is 0.438. The normalized spacial score (nSPS) is 10.9. The van der Waals surface area contributed by atoms with Gasteiger partial charge in [0.2, 0.25) is 5.89 Å². The van der Waals surface area contributed by atoms with Crippen LogP contribution in [0.15, 0.2) is 65.1 Å². The fraction of sp³-hybridized carbons (Fsp3) is 0.0476. The zero-order valence-corrected chi connectivity index (χ0v) is 15.8. The van der Waals surface area contributed by atoms with Crippen molar-refractivity contribution in [1.82, 2.24) is 4.98 Å². The van der Waals surface area contributed by atoms with E-state index >= 15 is 0 Å². The maximum atomic E-state index is 12.4. The molecule has 0 bridgehead atoms. The summed E-state index contributed by atoms with van der Waals surface area (Å²) in [5.74, 6) is 0.258. The van der Waals surface area contributed by atoms with Crippen molar-refractivity contribution < 1.29 is 9.21 Å². The van der Waals surface area contributed by atoms with Crippen LogP contribution >= 0.6 is 23.2 Å². The Kier molecular flexibility index (Phi) is 4.60. The van der Waals surface area contributed by atoms with E-state index in [1.54, 1.807) is 42.5 Å². The second-order valence-corrected chi connectivity index (χ2v) is 6.97. The standard InChI is InChI=1S/C21H14Cl2N2O2/c1-12-2-3-14(10-17(12)23)20(26)24-16-8-9-19-18(11-16)25-21(27-19)13-4-6-15(22)7-5-13/h2-11H,1H3,(H,24,26). The first-order valence-electron chi connectivity index (χ1n) is 8.23. The topological polar surface area (TPSA) is 55.1 Å². The Balaban J connectivity index is 1.60. The SMILES string of the molecule is Cc1ccc(C(=O)Nc2ccc3oc(-c4ccc(Cl)cc4)nc3c2)cc1Cl. The number of halogens is 2. The maximum absolute atomic E-state index is 12.4. The second-order valence-electron chi connectivity index (χ2n) is 6.13. The fourth-order valence-electron chi connectivity index (χ4n) is 2.66. The van der Waals surface area contributed by atoms with Crippen molar-refractivity contribution in [3.63, 3.8) is 0 Å². The highest BCUT2D eigenvalue weighted by Crippen LogP contribution is 2.27. The predicted molar refractivity (Wildman–Crippen MR) is 109 cm³/mol. The molecule has 0 aliphatic heterocycles. The van der Waals surface area contributed by atoms with Crippen LogP contribution in [0.1, 0.15) is 15.9 Å². The molecule has 4 rings (SSSR count). The number of aromatic nitrogens is 1. The van der Waals surface area contributed by atoms with Crippen molar-refractivity contribution in [1.29, 1.82) is 0 Å². The zero-order valence-electron chi connectivity index (χ0n) is 14.3. The highest BCUT2D eigenvalue weighted by molar-refractivity contribution is 6.31. The molecule has 0 unspecified atom stereocenters. The first kappa shape index (κ1) is 17.6. The van der Waals surface area contributed by atoms with E-state index in [9.17, 15) is 4.79 Å². The first-order valence-corrected chi connectivity index (χ1v) is 8.99. The van der Waals surface area contributed by atoms with E-state index in [4.69, 9.17) is 27.6 Å². The summed E-state index contributed by atoms with van der Waals surface area (Å²) in [6, 6.07) is 17.8. The minimum absolute atomic E-state index is 0.238. The molecule has 0 radical (unpaired) electrons. The average molecular weight is 397 g/mol. The molecular formula is C21H14Cl2N2O2. The van der Waals surface area contributed by atoms with Gasteiger partial charge in [-0.1, -0.05) is 29.3 Å². The first-order chi connectivity index (χ1) is 13.0. The van der Waals surface area contributed by atoms with Crippen molar-refractivity contribution >= 4 is 45.9 Å². The van der Waals surface area contributed by atoms with Gasteiger partial charge in [0.05, 0.1) is 0 Å². The number of aryl methyl sites for hydroxylation is 1. The van der Waals surface area contributed by atoms with Crippen LogP contribution in [-0.4, -0.2) is 10.9 Å². The lowest BCUT2D eigenvalue weighted by Gasteiger charge is -2.06. The van der Waals surface area contributed by atoms with E-state index in [0.717, 1.165) is 11.1 Å². The van der Waals surface area contributed by atoms with Gasteiger partial charge in [-0.2, -0.15) is 0 Å². The lowest BCUT2D eigenvalue weighted by Crippen LogP contribution is -2.11. The smallest absolute Gasteiger partial charge is 0.255 e. The summed E-state index contributed by atoms with van der Waals surface area (Å²) in [6.45, 7) is 1.89. The largest absolute Gasteiger partial charge is 0.436 e. The molecule has 4 nitrogen and oxygen atoms in total. The molecule has 0 aliphatic carbocycles. The molecule has 0 aliphatic rings. The number of oxazole rings is 1. The van der Waals surface area contributed by atoms with Crippen molar-refractivity contribution in [3.8, 4) is 11.5 Å². The predicted octanol–water partition coefficient (Wildman–Crippen LogP) is 6.36. The van der Waals surface area contributed by atoms with E-state index < -0.39 is 0 Å². The molecule has 27 heavy (non-hydrogen) atoms. The summed E-state index contributed by atoms with van der Waals surface area (Å²) in [5, 5.41) is 4.06. The van der Waals surface area contributed by atoms with E-state index in [2.05, 4.69) is 10.3 Å². The van der Waals surface area contributed by atoms with Crippen LogP contribution in [-0.2, 0) is 0 Å². The number of carbonyl (C=O) groups excluding carboxylic acids is 1. The molecule has 134 valence electrons. The molecule has 3 aromatic carbocycles. The molecule has 0 saturated carbocycles. The summed E-state index contributed by atoms with van der Waals surface area (Å²) >= 11 is 12.0. The van der Waals surface area contributed by atoms with Crippen LogP contribution in [0.25, 0.3) is 22.6 Å². The molecule has 0 saturated heterocycles. The molecule has 1 amide bonds. The van der Waals surface area contributed by atoms with Crippen LogP contribution in [0.5, 0.6) is 0 Å². The van der Waals surface area contributed by atoms with Crippen molar-refractivity contribution in [3.05, 3.63) is 81.8 Å². The van der Waals surface area contributed by atoms with Crippen molar-refractivity contribution in [2.24, 2.45) is 0 Å². The number of hydrogen-bond donors (Lipinski definition) is 1. The van der Waals surface area contributed by atoms with E-state index in [1.165, 1.54) is 0 Å². The second kappa shape index (κ2) is 7.06. The third kappa shape index (κ3) is 3.68. The van der Waals surface area contributed by atoms with Crippen LogP contribution in [0.4, 0.5) is 5.69 Å². The number of amides is 1. The third-order valence-corrected chi connectivity index (χ3v) is 4.83. The molecule has 6 heteroatoms. The molecule has 0 fully saturated rings. The van der Waals surface area contributed by atoms with E-state index in [1.807, 2.05) is 25.1 Å². The molecule has 0 atom stereocenters. The monoisotopic (exact) mass is 396 g/mol. The Morgan fingerprint density at radius 1 is 1.00 bits per heavy atom. The average Bonchev–Trinajstić information content (AvgIpc) is 3.07. The maximum Gasteiger partial charge on any atom is 0.255 e. The van der Waals surface area contributed by atoms with Gasteiger partial charge in [0.25, 0.3) is 5.91 Å². The zero-order chi connectivity index (χ0) is 19.0. The molecular weight excluding hydrogens is 383 g/mol. The molecule has 1 heterocycles. The number of benzene rings is 3. The Morgan fingerprint density at radius 3 is 2.52 bits per heavy atom. The Bertz CT molecular complexity index is 1150. The van der Waals surface area contributed by atoms with Gasteiger partial charge >= 0.3 is 0 Å². The molecule has 1 aromatic heterocycles. The summed E-state index contributed by atoms with van der Waals surface area (Å²) in [6.07, 6.45) is 0. The summed E-state index contributed by atoms with van der Waals surface area (Å²) in [5.41, 5.74) is 4.16. The van der Waals surface area contributed by atoms with Gasteiger partial charge in [-0.05, 0) is 67.1 Å². The Labute approximate surface area is 165 Å². The van der Waals surface area contributed by atoms with Gasteiger partial charge in [0.1, 0.15) is 5.52 Å². The summed E-state index contributed by atoms with van der Waals surface area (Å²) < 4.78 is 5.78. The van der Waals surface area contributed by atoms with E-state index in [-0.39, 0.29) is 5.91 Å². The number of nitrogens with one attached hydrogen (secondary N) is 1. The number of anilines is 1. The van der Waals surface area contributed by atoms with Crippen LogP contribution in [0.2, 0.25) is 10.0 Å². The van der Waals surface area contributed by atoms with Gasteiger partial charge in [-0.15, -0.1) is 0 Å². The molecule has 1 N–H and O–H groups in total. The summed E-state index contributed by atoms with van der Waals surface area (Å²) in [7, 11) is 0.